The van der Waals surface area contributed by atoms with E-state index in [4.69, 9.17) is 11.6 Å². The van der Waals surface area contributed by atoms with Gasteiger partial charge in [-0.25, -0.2) is 8.42 Å². The number of carbonyl (C=O) groups excluding carboxylic acids is 1. The summed E-state index contributed by atoms with van der Waals surface area (Å²) in [6.45, 7) is 5.81. The highest BCUT2D eigenvalue weighted by Gasteiger charge is 2.30. The van der Waals surface area contributed by atoms with E-state index in [-0.39, 0.29) is 5.91 Å². The molecular weight excluding hydrogens is 428 g/mol. The molecule has 158 valence electrons. The molecule has 0 spiro atoms. The second-order valence-corrected chi connectivity index (χ2v) is 10.4. The van der Waals surface area contributed by atoms with Crippen molar-refractivity contribution in [1.29, 1.82) is 0 Å². The number of hydrogen-bond acceptors (Lipinski definition) is 4. The van der Waals surface area contributed by atoms with Gasteiger partial charge in [-0.05, 0) is 55.7 Å². The molecule has 2 aromatic carbocycles. The van der Waals surface area contributed by atoms with Gasteiger partial charge in [0.15, 0.2) is 0 Å². The lowest BCUT2D eigenvalue weighted by Gasteiger charge is -2.29. The first-order chi connectivity index (χ1) is 13.6. The molecule has 0 aliphatic rings. The zero-order chi connectivity index (χ0) is 21.6. The van der Waals surface area contributed by atoms with Crippen molar-refractivity contribution in [3.8, 4) is 0 Å². The maximum atomic E-state index is 12.6. The third kappa shape index (κ3) is 6.94. The third-order valence-electron chi connectivity index (χ3n) is 4.42. The average Bonchev–Trinajstić information content (AvgIpc) is 2.64. The van der Waals surface area contributed by atoms with Crippen molar-refractivity contribution in [2.75, 3.05) is 22.9 Å². The fourth-order valence-electron chi connectivity index (χ4n) is 2.90. The summed E-state index contributed by atoms with van der Waals surface area (Å²) >= 11 is 7.57. The van der Waals surface area contributed by atoms with E-state index in [1.165, 1.54) is 4.31 Å². The van der Waals surface area contributed by atoms with E-state index in [1.807, 2.05) is 50.2 Å². The van der Waals surface area contributed by atoms with Gasteiger partial charge in [0.2, 0.25) is 15.9 Å². The van der Waals surface area contributed by atoms with Crippen LogP contribution in [0, 0.1) is 13.8 Å². The SMILES string of the molecule is Cc1ccc(C)c(N([C@@H](C)C(=O)NCCSCc2ccc(Cl)cc2)S(C)(=O)=O)c1. The van der Waals surface area contributed by atoms with Crippen LogP contribution in [0.15, 0.2) is 42.5 Å². The molecule has 2 rings (SSSR count). The van der Waals surface area contributed by atoms with Crippen LogP contribution in [0.25, 0.3) is 0 Å². The number of rotatable bonds is 9. The first-order valence-electron chi connectivity index (χ1n) is 9.26. The molecule has 0 aliphatic heterocycles. The number of sulfonamides is 1. The molecule has 5 nitrogen and oxygen atoms in total. The van der Waals surface area contributed by atoms with Crippen LogP contribution in [0.2, 0.25) is 5.02 Å². The number of halogens is 1. The minimum absolute atomic E-state index is 0.316. The zero-order valence-electron chi connectivity index (χ0n) is 17.1. The molecule has 0 fully saturated rings. The molecule has 1 amide bonds. The molecule has 0 radical (unpaired) electrons. The predicted octanol–water partition coefficient (Wildman–Crippen LogP) is 4.16. The Morgan fingerprint density at radius 2 is 1.83 bits per heavy atom. The third-order valence-corrected chi connectivity index (χ3v) is 6.93. The number of aryl methyl sites for hydroxylation is 2. The number of amides is 1. The van der Waals surface area contributed by atoms with Crippen LogP contribution in [0.4, 0.5) is 5.69 Å². The van der Waals surface area contributed by atoms with Crippen LogP contribution in [0.5, 0.6) is 0 Å². The van der Waals surface area contributed by atoms with Gasteiger partial charge >= 0.3 is 0 Å². The number of anilines is 1. The normalized spacial score (nSPS) is 12.4. The van der Waals surface area contributed by atoms with Crippen molar-refractivity contribution in [3.63, 3.8) is 0 Å². The smallest absolute Gasteiger partial charge is 0.243 e. The van der Waals surface area contributed by atoms with Gasteiger partial charge < -0.3 is 5.32 Å². The van der Waals surface area contributed by atoms with Crippen LogP contribution in [-0.4, -0.2) is 38.9 Å². The van der Waals surface area contributed by atoms with Crippen LogP contribution < -0.4 is 9.62 Å². The molecule has 0 heterocycles. The first kappa shape index (κ1) is 23.6. The number of hydrogen-bond donors (Lipinski definition) is 1. The Labute approximate surface area is 182 Å². The van der Waals surface area contributed by atoms with Crippen molar-refractivity contribution in [1.82, 2.24) is 5.32 Å². The fraction of sp³-hybridized carbons (Fsp3) is 0.381. The molecule has 29 heavy (non-hydrogen) atoms. The number of benzene rings is 2. The quantitative estimate of drug-likeness (QED) is 0.577. The summed E-state index contributed by atoms with van der Waals surface area (Å²) in [4.78, 5) is 12.6. The lowest BCUT2D eigenvalue weighted by molar-refractivity contribution is -0.121. The first-order valence-corrected chi connectivity index (χ1v) is 12.6. The van der Waals surface area contributed by atoms with Crippen molar-refractivity contribution in [2.45, 2.75) is 32.6 Å². The van der Waals surface area contributed by atoms with Crippen molar-refractivity contribution in [3.05, 3.63) is 64.2 Å². The predicted molar refractivity (Wildman–Crippen MR) is 123 cm³/mol. The van der Waals surface area contributed by atoms with E-state index in [1.54, 1.807) is 24.8 Å². The maximum absolute atomic E-state index is 12.6. The summed E-state index contributed by atoms with van der Waals surface area (Å²) in [6, 6.07) is 12.4. The van der Waals surface area contributed by atoms with E-state index < -0.39 is 16.1 Å². The maximum Gasteiger partial charge on any atom is 0.243 e. The molecule has 0 saturated carbocycles. The second kappa shape index (κ2) is 10.4. The standard InChI is InChI=1S/C21H27ClN2O3S2/c1-15-5-6-16(2)20(13-15)24(29(4,26)27)17(3)21(25)23-11-12-28-14-18-7-9-19(22)10-8-18/h5-10,13,17H,11-12,14H2,1-4H3,(H,23,25)/t17-/m0/s1. The van der Waals surface area contributed by atoms with Gasteiger partial charge in [-0.2, -0.15) is 11.8 Å². The van der Waals surface area contributed by atoms with Gasteiger partial charge in [0, 0.05) is 23.1 Å². The Bertz CT molecular complexity index is 947. The molecule has 0 unspecified atom stereocenters. The highest BCUT2D eigenvalue weighted by atomic mass is 35.5. The summed E-state index contributed by atoms with van der Waals surface area (Å²) < 4.78 is 26.1. The molecule has 0 aromatic heterocycles. The van der Waals surface area contributed by atoms with Gasteiger partial charge in [0.25, 0.3) is 0 Å². The summed E-state index contributed by atoms with van der Waals surface area (Å²) in [5.74, 6) is 1.23. The average molecular weight is 455 g/mol. The highest BCUT2D eigenvalue weighted by Crippen LogP contribution is 2.26. The Kier molecular flexibility index (Phi) is 8.43. The minimum atomic E-state index is -3.62. The molecule has 2 aromatic rings. The molecule has 0 aliphatic carbocycles. The van der Waals surface area contributed by atoms with Crippen molar-refractivity contribution in [2.24, 2.45) is 0 Å². The monoisotopic (exact) mass is 454 g/mol. The number of thioether (sulfide) groups is 1. The summed E-state index contributed by atoms with van der Waals surface area (Å²) in [6.07, 6.45) is 1.13. The molecule has 1 N–H and O–H groups in total. The Balaban J connectivity index is 1.95. The minimum Gasteiger partial charge on any atom is -0.353 e. The van der Waals surface area contributed by atoms with E-state index in [0.29, 0.717) is 17.3 Å². The topological polar surface area (TPSA) is 66.5 Å². The van der Waals surface area contributed by atoms with Crippen LogP contribution in [0.1, 0.15) is 23.6 Å². The Morgan fingerprint density at radius 1 is 1.17 bits per heavy atom. The van der Waals surface area contributed by atoms with E-state index >= 15 is 0 Å². The lowest BCUT2D eigenvalue weighted by atomic mass is 10.1. The Morgan fingerprint density at radius 3 is 2.45 bits per heavy atom. The van der Waals surface area contributed by atoms with Gasteiger partial charge in [0.05, 0.1) is 11.9 Å². The lowest BCUT2D eigenvalue weighted by Crippen LogP contribution is -2.48. The zero-order valence-corrected chi connectivity index (χ0v) is 19.5. The molecule has 8 heteroatoms. The second-order valence-electron chi connectivity index (χ2n) is 6.99. The number of carbonyl (C=O) groups is 1. The fourth-order valence-corrected chi connectivity index (χ4v) is 5.07. The van der Waals surface area contributed by atoms with Gasteiger partial charge in [-0.15, -0.1) is 0 Å². The number of nitrogens with zero attached hydrogens (tertiary/aromatic N) is 1. The number of nitrogens with one attached hydrogen (secondary N) is 1. The molecule has 1 atom stereocenters. The largest absolute Gasteiger partial charge is 0.353 e. The summed E-state index contributed by atoms with van der Waals surface area (Å²) in [7, 11) is -3.62. The van der Waals surface area contributed by atoms with Crippen molar-refractivity contribution >= 4 is 45.0 Å². The van der Waals surface area contributed by atoms with Gasteiger partial charge in [-0.1, -0.05) is 35.9 Å². The van der Waals surface area contributed by atoms with E-state index in [2.05, 4.69) is 5.32 Å². The van der Waals surface area contributed by atoms with Gasteiger partial charge in [-0.3, -0.25) is 9.10 Å². The van der Waals surface area contributed by atoms with Gasteiger partial charge in [0.1, 0.15) is 6.04 Å². The van der Waals surface area contributed by atoms with Crippen LogP contribution in [-0.2, 0) is 20.6 Å². The molecule has 0 saturated heterocycles. The Hall–Kier alpha value is -1.70. The summed E-state index contributed by atoms with van der Waals surface area (Å²) in [5, 5.41) is 3.55. The van der Waals surface area contributed by atoms with Crippen molar-refractivity contribution < 1.29 is 13.2 Å². The van der Waals surface area contributed by atoms with E-state index in [0.717, 1.165) is 34.5 Å². The van der Waals surface area contributed by atoms with E-state index in [9.17, 15) is 13.2 Å². The van der Waals surface area contributed by atoms with Crippen LogP contribution in [0.3, 0.4) is 0 Å². The highest BCUT2D eigenvalue weighted by molar-refractivity contribution is 7.98. The molecular formula is C21H27ClN2O3S2. The summed E-state index contributed by atoms with van der Waals surface area (Å²) in [5.41, 5.74) is 3.44. The van der Waals surface area contributed by atoms with Crippen LogP contribution >= 0.6 is 23.4 Å². The molecule has 0 bridgehead atoms.